The third kappa shape index (κ3) is 2.69. The van der Waals surface area contributed by atoms with Gasteiger partial charge in [0.1, 0.15) is 0 Å². The van der Waals surface area contributed by atoms with E-state index < -0.39 is 0 Å². The molecule has 3 aromatic rings. The number of benzene rings is 1. The van der Waals surface area contributed by atoms with Crippen molar-refractivity contribution in [1.82, 2.24) is 20.2 Å². The zero-order chi connectivity index (χ0) is 15.0. The van der Waals surface area contributed by atoms with Gasteiger partial charge in [-0.05, 0) is 12.1 Å². The molecule has 0 saturated carbocycles. The van der Waals surface area contributed by atoms with Gasteiger partial charge in [-0.15, -0.1) is 10.2 Å². The molecule has 3 N–H and O–H groups in total. The number of nitrogen functional groups attached to an aromatic ring is 1. The molecular formula is C12H12N6OS2. The smallest absolute Gasteiger partial charge is 0.258 e. The highest BCUT2D eigenvalue weighted by molar-refractivity contribution is 8.01. The standard InChI is InChI=1S/C12H12N6OS2/c1-18(2)11-16-17-12(21-11)20-9-4-8-6(3-7(9)13)10(19)15-5-14-8/h3-5H,13H2,1-2H3,(H,14,15,19). The van der Waals surface area contributed by atoms with Crippen molar-refractivity contribution in [2.24, 2.45) is 0 Å². The molecule has 21 heavy (non-hydrogen) atoms. The summed E-state index contributed by atoms with van der Waals surface area (Å²) in [6, 6.07) is 3.43. The second-order valence-electron chi connectivity index (χ2n) is 4.49. The third-order valence-electron chi connectivity index (χ3n) is 2.75. The first-order chi connectivity index (χ1) is 10.0. The van der Waals surface area contributed by atoms with E-state index in [4.69, 9.17) is 5.73 Å². The topological polar surface area (TPSA) is 101 Å². The number of rotatable bonds is 3. The molecule has 0 aliphatic rings. The molecule has 0 aliphatic heterocycles. The van der Waals surface area contributed by atoms with Gasteiger partial charge in [-0.3, -0.25) is 4.79 Å². The second-order valence-corrected chi connectivity index (χ2v) is 6.73. The predicted molar refractivity (Wildman–Crippen MR) is 85.1 cm³/mol. The third-order valence-corrected chi connectivity index (χ3v) is 4.96. The normalized spacial score (nSPS) is 11.0. The number of nitrogens with two attached hydrogens (primary N) is 1. The Morgan fingerprint density at radius 2 is 2.14 bits per heavy atom. The Labute approximate surface area is 128 Å². The van der Waals surface area contributed by atoms with E-state index in [1.807, 2.05) is 19.0 Å². The van der Waals surface area contributed by atoms with E-state index in [9.17, 15) is 4.79 Å². The van der Waals surface area contributed by atoms with Gasteiger partial charge < -0.3 is 15.6 Å². The molecule has 0 saturated heterocycles. The van der Waals surface area contributed by atoms with Crippen molar-refractivity contribution < 1.29 is 0 Å². The fraction of sp³-hybridized carbons (Fsp3) is 0.167. The first-order valence-electron chi connectivity index (χ1n) is 6.00. The highest BCUT2D eigenvalue weighted by Gasteiger charge is 2.11. The lowest BCUT2D eigenvalue weighted by Gasteiger charge is -2.05. The number of hydrogen-bond acceptors (Lipinski definition) is 8. The highest BCUT2D eigenvalue weighted by atomic mass is 32.2. The van der Waals surface area contributed by atoms with Gasteiger partial charge >= 0.3 is 0 Å². The van der Waals surface area contributed by atoms with E-state index in [0.717, 1.165) is 14.4 Å². The summed E-state index contributed by atoms with van der Waals surface area (Å²) in [5.41, 5.74) is 6.94. The monoisotopic (exact) mass is 320 g/mol. The predicted octanol–water partition coefficient (Wildman–Crippen LogP) is 1.57. The number of hydrogen-bond donors (Lipinski definition) is 2. The maximum absolute atomic E-state index is 11.7. The minimum Gasteiger partial charge on any atom is -0.398 e. The fourth-order valence-corrected chi connectivity index (χ4v) is 3.50. The average molecular weight is 320 g/mol. The molecule has 0 spiro atoms. The molecule has 0 radical (unpaired) electrons. The van der Waals surface area contributed by atoms with Crippen LogP contribution in [0.15, 0.2) is 32.5 Å². The van der Waals surface area contributed by atoms with Crippen molar-refractivity contribution in [3.8, 4) is 0 Å². The van der Waals surface area contributed by atoms with Crippen molar-refractivity contribution in [1.29, 1.82) is 0 Å². The lowest BCUT2D eigenvalue weighted by molar-refractivity contribution is 0.973. The van der Waals surface area contributed by atoms with Gasteiger partial charge in [0.15, 0.2) is 4.34 Å². The zero-order valence-corrected chi connectivity index (χ0v) is 13.0. The summed E-state index contributed by atoms with van der Waals surface area (Å²) < 4.78 is 0.787. The van der Waals surface area contributed by atoms with E-state index in [0.29, 0.717) is 16.6 Å². The first kappa shape index (κ1) is 13.8. The molecule has 108 valence electrons. The van der Waals surface area contributed by atoms with E-state index in [2.05, 4.69) is 20.2 Å². The van der Waals surface area contributed by atoms with Gasteiger partial charge in [-0.25, -0.2) is 4.98 Å². The summed E-state index contributed by atoms with van der Waals surface area (Å²) in [6.07, 6.45) is 1.38. The van der Waals surface area contributed by atoms with Crippen LogP contribution in [0.1, 0.15) is 0 Å². The molecule has 2 heterocycles. The van der Waals surface area contributed by atoms with Crippen LogP contribution in [0.2, 0.25) is 0 Å². The molecule has 0 atom stereocenters. The minimum atomic E-state index is -0.200. The van der Waals surface area contributed by atoms with Gasteiger partial charge in [0.2, 0.25) is 5.13 Å². The Balaban J connectivity index is 2.00. The maximum atomic E-state index is 11.7. The largest absolute Gasteiger partial charge is 0.398 e. The van der Waals surface area contributed by atoms with E-state index in [1.165, 1.54) is 29.4 Å². The Kier molecular flexibility index (Phi) is 3.52. The van der Waals surface area contributed by atoms with Crippen molar-refractivity contribution in [3.63, 3.8) is 0 Å². The summed E-state index contributed by atoms with van der Waals surface area (Å²) in [6.45, 7) is 0. The highest BCUT2D eigenvalue weighted by Crippen LogP contribution is 2.36. The number of aromatic nitrogens is 4. The number of H-pyrrole nitrogens is 1. The summed E-state index contributed by atoms with van der Waals surface area (Å²) in [7, 11) is 3.82. The van der Waals surface area contributed by atoms with Crippen LogP contribution in [0.3, 0.4) is 0 Å². The van der Waals surface area contributed by atoms with E-state index in [-0.39, 0.29) is 5.56 Å². The molecule has 0 bridgehead atoms. The molecule has 3 rings (SSSR count). The second kappa shape index (κ2) is 5.34. The Hall–Kier alpha value is -2.13. The number of anilines is 2. The summed E-state index contributed by atoms with van der Waals surface area (Å²) in [5, 5.41) is 9.50. The number of nitrogens with zero attached hydrogens (tertiary/aromatic N) is 4. The van der Waals surface area contributed by atoms with Gasteiger partial charge in [-0.1, -0.05) is 23.1 Å². The molecule has 0 unspecified atom stereocenters. The number of nitrogens with one attached hydrogen (secondary N) is 1. The molecular weight excluding hydrogens is 308 g/mol. The van der Waals surface area contributed by atoms with Gasteiger partial charge in [0.05, 0.1) is 17.2 Å². The first-order valence-corrected chi connectivity index (χ1v) is 7.63. The number of aromatic amines is 1. The fourth-order valence-electron chi connectivity index (χ4n) is 1.72. The van der Waals surface area contributed by atoms with Crippen molar-refractivity contribution in [2.45, 2.75) is 9.24 Å². The van der Waals surface area contributed by atoms with Crippen LogP contribution in [-0.2, 0) is 0 Å². The SMILES string of the molecule is CN(C)c1nnc(Sc2cc3nc[nH]c(=O)c3cc2N)s1. The molecule has 0 aliphatic carbocycles. The van der Waals surface area contributed by atoms with Crippen molar-refractivity contribution in [2.75, 3.05) is 24.7 Å². The quantitative estimate of drug-likeness (QED) is 0.706. The Morgan fingerprint density at radius 3 is 2.86 bits per heavy atom. The molecule has 0 amide bonds. The van der Waals surface area contributed by atoms with Gasteiger partial charge in [-0.2, -0.15) is 0 Å². The molecule has 9 heteroatoms. The van der Waals surface area contributed by atoms with Crippen LogP contribution in [0.5, 0.6) is 0 Å². The van der Waals surface area contributed by atoms with Crippen LogP contribution >= 0.6 is 23.1 Å². The van der Waals surface area contributed by atoms with Crippen molar-refractivity contribution in [3.05, 3.63) is 28.8 Å². The van der Waals surface area contributed by atoms with Gasteiger partial charge in [0, 0.05) is 24.7 Å². The average Bonchev–Trinajstić information content (AvgIpc) is 2.90. The summed E-state index contributed by atoms with van der Waals surface area (Å²) in [4.78, 5) is 21.1. The Morgan fingerprint density at radius 1 is 1.33 bits per heavy atom. The Bertz CT molecular complexity index is 856. The summed E-state index contributed by atoms with van der Waals surface area (Å²) in [5.74, 6) is 0. The molecule has 7 nitrogen and oxygen atoms in total. The zero-order valence-electron chi connectivity index (χ0n) is 11.3. The minimum absolute atomic E-state index is 0.200. The van der Waals surface area contributed by atoms with Crippen molar-refractivity contribution >= 4 is 44.8 Å². The molecule has 0 fully saturated rings. The van der Waals surface area contributed by atoms with Crippen LogP contribution in [0, 0.1) is 0 Å². The number of fused-ring (bicyclic) bond motifs is 1. The van der Waals surface area contributed by atoms with Gasteiger partial charge in [0.25, 0.3) is 5.56 Å². The molecule has 2 aromatic heterocycles. The summed E-state index contributed by atoms with van der Waals surface area (Å²) >= 11 is 2.89. The van der Waals surface area contributed by atoms with E-state index >= 15 is 0 Å². The lowest BCUT2D eigenvalue weighted by Crippen LogP contribution is -2.07. The molecule has 1 aromatic carbocycles. The van der Waals surface area contributed by atoms with Crippen LogP contribution in [0.25, 0.3) is 10.9 Å². The lowest BCUT2D eigenvalue weighted by atomic mass is 10.2. The van der Waals surface area contributed by atoms with E-state index in [1.54, 1.807) is 12.1 Å². The van der Waals surface area contributed by atoms with Crippen LogP contribution in [0.4, 0.5) is 10.8 Å². The van der Waals surface area contributed by atoms with Crippen LogP contribution < -0.4 is 16.2 Å². The van der Waals surface area contributed by atoms with Crippen LogP contribution in [-0.4, -0.2) is 34.3 Å². The maximum Gasteiger partial charge on any atom is 0.258 e.